The van der Waals surface area contributed by atoms with Crippen LogP contribution in [-0.4, -0.2) is 25.4 Å². The monoisotopic (exact) mass is 203 g/mol. The number of nitrogens with one attached hydrogen (secondary N) is 1. The van der Waals surface area contributed by atoms with Crippen LogP contribution in [0.25, 0.3) is 0 Å². The van der Waals surface area contributed by atoms with Gasteiger partial charge in [0.1, 0.15) is 0 Å². The third-order valence-corrected chi connectivity index (χ3v) is 2.26. The van der Waals surface area contributed by atoms with Gasteiger partial charge in [0.15, 0.2) is 6.23 Å². The first-order valence-corrected chi connectivity index (χ1v) is 4.94. The Hall–Kier alpha value is -0.640. The predicted octanol–water partition coefficient (Wildman–Crippen LogP) is 1.48. The molecule has 0 amide bonds. The van der Waals surface area contributed by atoms with E-state index in [1.165, 1.54) is 0 Å². The minimum atomic E-state index is -0.491. The van der Waals surface area contributed by atoms with Gasteiger partial charge in [-0.2, -0.15) is 0 Å². The molecular formula is C10H18FNO2. The van der Waals surface area contributed by atoms with E-state index in [-0.39, 0.29) is 24.8 Å². The summed E-state index contributed by atoms with van der Waals surface area (Å²) < 4.78 is 17.5. The first-order chi connectivity index (χ1) is 6.43. The van der Waals surface area contributed by atoms with Crippen LogP contribution in [0.2, 0.25) is 0 Å². The lowest BCUT2D eigenvalue weighted by atomic mass is 9.97. The van der Waals surface area contributed by atoms with E-state index < -0.39 is 5.41 Å². The van der Waals surface area contributed by atoms with Crippen molar-refractivity contribution in [3.05, 3.63) is 0 Å². The Labute approximate surface area is 84.0 Å². The average molecular weight is 203 g/mol. The molecule has 1 saturated heterocycles. The smallest absolute Gasteiger partial charge is 0.312 e. The molecule has 0 aromatic carbocycles. The molecule has 3 nitrogen and oxygen atoms in total. The van der Waals surface area contributed by atoms with Crippen LogP contribution >= 0.6 is 0 Å². The predicted molar refractivity (Wildman–Crippen MR) is 51.4 cm³/mol. The summed E-state index contributed by atoms with van der Waals surface area (Å²) in [4.78, 5) is 11.5. The molecule has 0 aromatic rings. The Morgan fingerprint density at radius 3 is 2.64 bits per heavy atom. The summed E-state index contributed by atoms with van der Waals surface area (Å²) in [5.74, 6) is -0.248. The zero-order chi connectivity index (χ0) is 10.8. The Morgan fingerprint density at radius 1 is 1.57 bits per heavy atom. The van der Waals surface area contributed by atoms with Crippen molar-refractivity contribution in [1.29, 1.82) is 0 Å². The van der Waals surface area contributed by atoms with Gasteiger partial charge in [0, 0.05) is 18.9 Å². The molecule has 82 valence electrons. The molecule has 0 radical (unpaired) electrons. The second-order valence-corrected chi connectivity index (χ2v) is 4.81. The minimum Gasteiger partial charge on any atom is -0.446 e. The van der Waals surface area contributed by atoms with Gasteiger partial charge in [-0.15, -0.1) is 0 Å². The van der Waals surface area contributed by atoms with E-state index in [9.17, 15) is 9.18 Å². The summed E-state index contributed by atoms with van der Waals surface area (Å²) in [6, 6.07) is 0. The van der Waals surface area contributed by atoms with Gasteiger partial charge in [-0.25, -0.2) is 0 Å². The highest BCUT2D eigenvalue weighted by Crippen LogP contribution is 2.20. The molecule has 14 heavy (non-hydrogen) atoms. The number of carbonyl (C=O) groups excluding carboxylic acids is 1. The lowest BCUT2D eigenvalue weighted by Gasteiger charge is -2.20. The molecule has 1 heterocycles. The normalized spacial score (nSPS) is 27.7. The van der Waals surface area contributed by atoms with Gasteiger partial charge in [-0.1, -0.05) is 0 Å². The fourth-order valence-corrected chi connectivity index (χ4v) is 1.28. The van der Waals surface area contributed by atoms with Gasteiger partial charge in [0.25, 0.3) is 0 Å². The van der Waals surface area contributed by atoms with Crippen molar-refractivity contribution in [3.63, 3.8) is 0 Å². The van der Waals surface area contributed by atoms with Crippen molar-refractivity contribution in [2.45, 2.75) is 33.4 Å². The van der Waals surface area contributed by atoms with E-state index >= 15 is 0 Å². The molecule has 1 aliphatic rings. The van der Waals surface area contributed by atoms with Gasteiger partial charge in [-0.3, -0.25) is 14.5 Å². The summed E-state index contributed by atoms with van der Waals surface area (Å²) >= 11 is 0. The zero-order valence-electron chi connectivity index (χ0n) is 8.97. The van der Waals surface area contributed by atoms with E-state index in [1.807, 2.05) is 0 Å². The van der Waals surface area contributed by atoms with Crippen LogP contribution in [0.4, 0.5) is 4.39 Å². The van der Waals surface area contributed by atoms with Crippen LogP contribution in [0.1, 0.15) is 27.2 Å². The van der Waals surface area contributed by atoms with E-state index in [0.29, 0.717) is 13.0 Å². The van der Waals surface area contributed by atoms with E-state index in [2.05, 4.69) is 5.32 Å². The molecule has 1 rings (SSSR count). The number of alkyl halides is 1. The van der Waals surface area contributed by atoms with Crippen molar-refractivity contribution in [2.75, 3.05) is 13.2 Å². The molecule has 4 heteroatoms. The number of halogens is 1. The SMILES string of the molecule is CC(C)(C)C(=O)OC1C[C@@H](CF)CN1. The average Bonchev–Trinajstić information content (AvgIpc) is 2.50. The first-order valence-electron chi connectivity index (χ1n) is 4.94. The van der Waals surface area contributed by atoms with Gasteiger partial charge in [-0.05, 0) is 20.8 Å². The fraction of sp³-hybridized carbons (Fsp3) is 0.900. The number of ether oxygens (including phenoxy) is 1. The van der Waals surface area contributed by atoms with E-state index in [0.717, 1.165) is 0 Å². The molecule has 1 fully saturated rings. The summed E-state index contributed by atoms with van der Waals surface area (Å²) in [7, 11) is 0. The number of carbonyl (C=O) groups is 1. The second kappa shape index (κ2) is 4.26. The second-order valence-electron chi connectivity index (χ2n) is 4.81. The Morgan fingerprint density at radius 2 is 2.21 bits per heavy atom. The third kappa shape index (κ3) is 2.94. The topological polar surface area (TPSA) is 38.3 Å². The summed E-state index contributed by atoms with van der Waals surface area (Å²) in [5, 5.41) is 2.98. The minimum absolute atomic E-state index is 0.00670. The molecule has 0 saturated carbocycles. The Kier molecular flexibility index (Phi) is 3.48. The van der Waals surface area contributed by atoms with Crippen LogP contribution in [0, 0.1) is 11.3 Å². The maximum atomic E-state index is 12.3. The highest BCUT2D eigenvalue weighted by Gasteiger charge is 2.31. The molecule has 1 N–H and O–H groups in total. The van der Waals surface area contributed by atoms with E-state index in [1.54, 1.807) is 20.8 Å². The standard InChI is InChI=1S/C10H18FNO2/c1-10(2,3)9(13)14-8-4-7(5-11)6-12-8/h7-8,12H,4-6H2,1-3H3/t7-,8?/m0/s1. The number of hydrogen-bond donors (Lipinski definition) is 1. The van der Waals surface area contributed by atoms with Crippen LogP contribution in [0.3, 0.4) is 0 Å². The first kappa shape index (κ1) is 11.4. The number of rotatable bonds is 2. The van der Waals surface area contributed by atoms with Gasteiger partial charge in [0.05, 0.1) is 12.1 Å². The van der Waals surface area contributed by atoms with Gasteiger partial charge >= 0.3 is 5.97 Å². The molecule has 0 aromatic heterocycles. The van der Waals surface area contributed by atoms with Crippen LogP contribution in [0.15, 0.2) is 0 Å². The highest BCUT2D eigenvalue weighted by molar-refractivity contribution is 5.75. The quantitative estimate of drug-likeness (QED) is 0.691. The third-order valence-electron chi connectivity index (χ3n) is 2.26. The molecule has 0 spiro atoms. The van der Waals surface area contributed by atoms with E-state index in [4.69, 9.17) is 4.74 Å². The summed E-state index contributed by atoms with van der Waals surface area (Å²) in [6.07, 6.45) is 0.278. The molecule has 2 atom stereocenters. The Balaban J connectivity index is 2.36. The zero-order valence-corrected chi connectivity index (χ0v) is 8.97. The van der Waals surface area contributed by atoms with Gasteiger partial charge in [0.2, 0.25) is 0 Å². The van der Waals surface area contributed by atoms with Crippen molar-refractivity contribution in [3.8, 4) is 0 Å². The van der Waals surface area contributed by atoms with Crippen LogP contribution in [0.5, 0.6) is 0 Å². The molecule has 0 aliphatic carbocycles. The molecule has 0 bridgehead atoms. The van der Waals surface area contributed by atoms with Crippen molar-refractivity contribution >= 4 is 5.97 Å². The van der Waals surface area contributed by atoms with Crippen LogP contribution < -0.4 is 5.32 Å². The molecular weight excluding hydrogens is 185 g/mol. The number of hydrogen-bond acceptors (Lipinski definition) is 3. The number of esters is 1. The van der Waals surface area contributed by atoms with Crippen molar-refractivity contribution in [1.82, 2.24) is 5.32 Å². The fourth-order valence-electron chi connectivity index (χ4n) is 1.28. The lowest BCUT2D eigenvalue weighted by molar-refractivity contribution is -0.159. The summed E-state index contributed by atoms with van der Waals surface area (Å²) in [5.41, 5.74) is -0.491. The molecule has 1 aliphatic heterocycles. The Bertz CT molecular complexity index is 213. The van der Waals surface area contributed by atoms with Crippen molar-refractivity contribution < 1.29 is 13.9 Å². The maximum absolute atomic E-state index is 12.3. The van der Waals surface area contributed by atoms with Gasteiger partial charge < -0.3 is 4.74 Å². The largest absolute Gasteiger partial charge is 0.446 e. The van der Waals surface area contributed by atoms with Crippen LogP contribution in [-0.2, 0) is 9.53 Å². The summed E-state index contributed by atoms with van der Waals surface area (Å²) in [6.45, 7) is 5.65. The molecule has 1 unspecified atom stereocenters. The highest BCUT2D eigenvalue weighted by atomic mass is 19.1. The van der Waals surface area contributed by atoms with Crippen molar-refractivity contribution in [2.24, 2.45) is 11.3 Å². The lowest BCUT2D eigenvalue weighted by Crippen LogP contribution is -2.33. The maximum Gasteiger partial charge on any atom is 0.312 e.